The van der Waals surface area contributed by atoms with Crippen LogP contribution in [0.5, 0.6) is 0 Å². The van der Waals surface area contributed by atoms with Gasteiger partial charge in [0.2, 0.25) is 0 Å². The second-order valence-electron chi connectivity index (χ2n) is 5.63. The Balaban J connectivity index is 2.14. The van der Waals surface area contributed by atoms with Crippen LogP contribution in [-0.2, 0) is 5.60 Å². The van der Waals surface area contributed by atoms with Crippen molar-refractivity contribution in [1.29, 1.82) is 0 Å². The molecule has 0 aliphatic rings. The molecule has 21 heavy (non-hydrogen) atoms. The standard InChI is InChI=1S/C18H18N2O/c1-18(2,21)15-7-5-6-14(12-15)16-8-3-4-9-17(16)20-11-10-19-13-20/h3-13,21H,1-2H3. The molecule has 0 fully saturated rings. The Morgan fingerprint density at radius 2 is 1.86 bits per heavy atom. The molecular formula is C18H18N2O. The highest BCUT2D eigenvalue weighted by Gasteiger charge is 2.16. The molecule has 0 radical (unpaired) electrons. The molecule has 0 saturated carbocycles. The summed E-state index contributed by atoms with van der Waals surface area (Å²) in [5.41, 5.74) is 3.32. The lowest BCUT2D eigenvalue weighted by Crippen LogP contribution is -2.15. The fourth-order valence-corrected chi connectivity index (χ4v) is 2.41. The second-order valence-corrected chi connectivity index (χ2v) is 5.63. The van der Waals surface area contributed by atoms with Crippen LogP contribution in [0.15, 0.2) is 67.3 Å². The number of imidazole rings is 1. The lowest BCUT2D eigenvalue weighted by atomic mass is 9.94. The third-order valence-electron chi connectivity index (χ3n) is 3.57. The molecular weight excluding hydrogens is 260 g/mol. The van der Waals surface area contributed by atoms with Gasteiger partial charge in [0, 0.05) is 18.0 Å². The summed E-state index contributed by atoms with van der Waals surface area (Å²) in [6, 6.07) is 16.2. The van der Waals surface area contributed by atoms with E-state index < -0.39 is 5.60 Å². The number of hydrogen-bond donors (Lipinski definition) is 1. The number of benzene rings is 2. The molecule has 0 aliphatic carbocycles. The zero-order valence-electron chi connectivity index (χ0n) is 12.2. The molecule has 106 valence electrons. The summed E-state index contributed by atoms with van der Waals surface area (Å²) in [7, 11) is 0. The molecule has 3 aromatic rings. The van der Waals surface area contributed by atoms with E-state index in [1.807, 2.05) is 41.1 Å². The van der Waals surface area contributed by atoms with E-state index in [1.54, 1.807) is 26.4 Å². The van der Waals surface area contributed by atoms with Gasteiger partial charge in [-0.3, -0.25) is 0 Å². The maximum atomic E-state index is 10.2. The predicted molar refractivity (Wildman–Crippen MR) is 84.2 cm³/mol. The van der Waals surface area contributed by atoms with E-state index in [1.165, 1.54) is 0 Å². The smallest absolute Gasteiger partial charge is 0.0991 e. The number of aliphatic hydroxyl groups is 1. The van der Waals surface area contributed by atoms with Gasteiger partial charge in [0.05, 0.1) is 17.6 Å². The van der Waals surface area contributed by atoms with Gasteiger partial charge in [-0.25, -0.2) is 4.98 Å². The summed E-state index contributed by atoms with van der Waals surface area (Å²) in [5, 5.41) is 10.2. The van der Waals surface area contributed by atoms with E-state index in [4.69, 9.17) is 0 Å². The van der Waals surface area contributed by atoms with Crippen molar-refractivity contribution in [2.24, 2.45) is 0 Å². The van der Waals surface area contributed by atoms with Gasteiger partial charge in [-0.15, -0.1) is 0 Å². The van der Waals surface area contributed by atoms with Crippen LogP contribution in [0.3, 0.4) is 0 Å². The third-order valence-corrected chi connectivity index (χ3v) is 3.57. The summed E-state index contributed by atoms with van der Waals surface area (Å²) in [6.07, 6.45) is 5.49. The van der Waals surface area contributed by atoms with E-state index in [-0.39, 0.29) is 0 Å². The summed E-state index contributed by atoms with van der Waals surface area (Å²) < 4.78 is 1.99. The van der Waals surface area contributed by atoms with Gasteiger partial charge in [0.15, 0.2) is 0 Å². The maximum Gasteiger partial charge on any atom is 0.0991 e. The first kappa shape index (κ1) is 13.6. The molecule has 0 saturated heterocycles. The van der Waals surface area contributed by atoms with Crippen molar-refractivity contribution in [3.63, 3.8) is 0 Å². The zero-order chi connectivity index (χ0) is 14.9. The van der Waals surface area contributed by atoms with Gasteiger partial charge < -0.3 is 9.67 Å². The first-order chi connectivity index (χ1) is 10.1. The predicted octanol–water partition coefficient (Wildman–Crippen LogP) is 3.77. The Bertz CT molecular complexity index is 740. The third kappa shape index (κ3) is 2.73. The van der Waals surface area contributed by atoms with Gasteiger partial charge in [0.25, 0.3) is 0 Å². The Hall–Kier alpha value is -2.39. The van der Waals surface area contributed by atoms with Crippen LogP contribution in [0.1, 0.15) is 19.4 Å². The van der Waals surface area contributed by atoms with Crippen molar-refractivity contribution in [1.82, 2.24) is 9.55 Å². The molecule has 0 aliphatic heterocycles. The van der Waals surface area contributed by atoms with E-state index >= 15 is 0 Å². The van der Waals surface area contributed by atoms with Gasteiger partial charge in [-0.05, 0) is 37.1 Å². The Morgan fingerprint density at radius 1 is 1.05 bits per heavy atom. The number of para-hydroxylation sites is 1. The number of rotatable bonds is 3. The number of hydrogen-bond acceptors (Lipinski definition) is 2. The average Bonchev–Trinajstić information content (AvgIpc) is 3.01. The topological polar surface area (TPSA) is 38.0 Å². The van der Waals surface area contributed by atoms with Crippen LogP contribution < -0.4 is 0 Å². The fraction of sp³-hybridized carbons (Fsp3) is 0.167. The molecule has 0 spiro atoms. The normalized spacial score (nSPS) is 11.6. The van der Waals surface area contributed by atoms with E-state index in [0.717, 1.165) is 22.4 Å². The highest BCUT2D eigenvalue weighted by Crippen LogP contribution is 2.30. The van der Waals surface area contributed by atoms with Crippen molar-refractivity contribution in [2.45, 2.75) is 19.4 Å². The second kappa shape index (κ2) is 5.19. The van der Waals surface area contributed by atoms with Crippen LogP contribution >= 0.6 is 0 Å². The van der Waals surface area contributed by atoms with Crippen LogP contribution in [0.2, 0.25) is 0 Å². The largest absolute Gasteiger partial charge is 0.386 e. The minimum atomic E-state index is -0.847. The molecule has 3 nitrogen and oxygen atoms in total. The van der Waals surface area contributed by atoms with E-state index in [2.05, 4.69) is 23.2 Å². The Kier molecular flexibility index (Phi) is 3.35. The minimum absolute atomic E-state index is 0.847. The van der Waals surface area contributed by atoms with Crippen molar-refractivity contribution in [3.05, 3.63) is 72.8 Å². The lowest BCUT2D eigenvalue weighted by Gasteiger charge is -2.19. The zero-order valence-corrected chi connectivity index (χ0v) is 12.2. The van der Waals surface area contributed by atoms with Gasteiger partial charge in [-0.2, -0.15) is 0 Å². The molecule has 0 unspecified atom stereocenters. The Morgan fingerprint density at radius 3 is 2.57 bits per heavy atom. The number of aromatic nitrogens is 2. The summed E-state index contributed by atoms with van der Waals surface area (Å²) in [4.78, 5) is 4.11. The van der Waals surface area contributed by atoms with Crippen molar-refractivity contribution < 1.29 is 5.11 Å². The highest BCUT2D eigenvalue weighted by atomic mass is 16.3. The molecule has 3 rings (SSSR count). The monoisotopic (exact) mass is 278 g/mol. The molecule has 1 aromatic heterocycles. The fourth-order valence-electron chi connectivity index (χ4n) is 2.41. The van der Waals surface area contributed by atoms with E-state index in [9.17, 15) is 5.11 Å². The highest BCUT2D eigenvalue weighted by molar-refractivity contribution is 5.73. The molecule has 1 N–H and O–H groups in total. The van der Waals surface area contributed by atoms with Crippen LogP contribution in [0.4, 0.5) is 0 Å². The molecule has 3 heteroatoms. The van der Waals surface area contributed by atoms with Gasteiger partial charge in [0.1, 0.15) is 0 Å². The summed E-state index contributed by atoms with van der Waals surface area (Å²) >= 11 is 0. The van der Waals surface area contributed by atoms with Crippen LogP contribution in [0.25, 0.3) is 16.8 Å². The summed E-state index contributed by atoms with van der Waals surface area (Å²) in [5.74, 6) is 0. The molecule has 1 heterocycles. The minimum Gasteiger partial charge on any atom is -0.386 e. The lowest BCUT2D eigenvalue weighted by molar-refractivity contribution is 0.0786. The quantitative estimate of drug-likeness (QED) is 0.792. The Labute approximate surface area is 124 Å². The first-order valence-electron chi connectivity index (χ1n) is 6.96. The van der Waals surface area contributed by atoms with Gasteiger partial charge >= 0.3 is 0 Å². The van der Waals surface area contributed by atoms with Crippen molar-refractivity contribution in [2.75, 3.05) is 0 Å². The van der Waals surface area contributed by atoms with Crippen LogP contribution in [0, 0.1) is 0 Å². The average molecular weight is 278 g/mol. The maximum absolute atomic E-state index is 10.2. The SMILES string of the molecule is CC(C)(O)c1cccc(-c2ccccc2-n2ccnc2)c1. The molecule has 0 amide bonds. The first-order valence-corrected chi connectivity index (χ1v) is 6.96. The molecule has 0 atom stereocenters. The van der Waals surface area contributed by atoms with Gasteiger partial charge in [-0.1, -0.05) is 36.4 Å². The van der Waals surface area contributed by atoms with Crippen molar-refractivity contribution in [3.8, 4) is 16.8 Å². The molecule has 2 aromatic carbocycles. The van der Waals surface area contributed by atoms with E-state index in [0.29, 0.717) is 0 Å². The van der Waals surface area contributed by atoms with Crippen molar-refractivity contribution >= 4 is 0 Å². The summed E-state index contributed by atoms with van der Waals surface area (Å²) in [6.45, 7) is 3.60. The molecule has 0 bridgehead atoms. The number of nitrogens with zero attached hydrogens (tertiary/aromatic N) is 2. The van der Waals surface area contributed by atoms with Crippen LogP contribution in [-0.4, -0.2) is 14.7 Å².